The highest BCUT2D eigenvalue weighted by atomic mass is 16.6. The van der Waals surface area contributed by atoms with Gasteiger partial charge in [-0.15, -0.1) is 0 Å². The van der Waals surface area contributed by atoms with E-state index < -0.39 is 0 Å². The van der Waals surface area contributed by atoms with E-state index in [-0.39, 0.29) is 11.6 Å². The minimum atomic E-state index is -0.349. The van der Waals surface area contributed by atoms with Crippen LogP contribution in [0.4, 0.5) is 0 Å². The Balaban J connectivity index is 2.10. The standard InChI is InChI=1S/C27H48O2/c1-25(2,3)22-18-12-14-20(15-13-19-23(22)26(4,5)6)24(28)29-27(7,8)21-16-10-9-11-17-21/h14,21-23H,9-13,15-19H2,1-8H3/b20-14+. The van der Waals surface area contributed by atoms with Crippen LogP contribution >= 0.6 is 0 Å². The van der Waals surface area contributed by atoms with Crippen molar-refractivity contribution >= 4 is 5.97 Å². The predicted molar refractivity (Wildman–Crippen MR) is 124 cm³/mol. The number of rotatable bonds is 3. The molecule has 1 fully saturated rings. The van der Waals surface area contributed by atoms with Crippen molar-refractivity contribution in [2.45, 2.75) is 125 Å². The van der Waals surface area contributed by atoms with Gasteiger partial charge in [0.25, 0.3) is 0 Å². The number of hydrogen-bond donors (Lipinski definition) is 0. The van der Waals surface area contributed by atoms with Crippen molar-refractivity contribution in [2.75, 3.05) is 0 Å². The van der Waals surface area contributed by atoms with Crippen molar-refractivity contribution < 1.29 is 9.53 Å². The van der Waals surface area contributed by atoms with Crippen molar-refractivity contribution in [2.24, 2.45) is 28.6 Å². The van der Waals surface area contributed by atoms with E-state index in [1.165, 1.54) is 38.5 Å². The quantitative estimate of drug-likeness (QED) is 0.444. The molecule has 0 aromatic carbocycles. The van der Waals surface area contributed by atoms with E-state index >= 15 is 0 Å². The first-order valence-corrected chi connectivity index (χ1v) is 12.2. The molecule has 2 heteroatoms. The predicted octanol–water partition coefficient (Wildman–Crippen LogP) is 8.10. The third-order valence-corrected chi connectivity index (χ3v) is 7.75. The summed E-state index contributed by atoms with van der Waals surface area (Å²) in [5.41, 5.74) is 1.17. The van der Waals surface area contributed by atoms with Crippen LogP contribution in [0.3, 0.4) is 0 Å². The van der Waals surface area contributed by atoms with E-state index in [9.17, 15) is 4.79 Å². The van der Waals surface area contributed by atoms with E-state index in [0.717, 1.165) is 31.3 Å². The Kier molecular flexibility index (Phi) is 8.07. The molecule has 2 rings (SSSR count). The zero-order chi connectivity index (χ0) is 21.9. The van der Waals surface area contributed by atoms with Gasteiger partial charge in [0.1, 0.15) is 5.60 Å². The van der Waals surface area contributed by atoms with Gasteiger partial charge < -0.3 is 4.74 Å². The molecule has 0 N–H and O–H groups in total. The van der Waals surface area contributed by atoms with Crippen molar-refractivity contribution in [1.29, 1.82) is 0 Å². The van der Waals surface area contributed by atoms with Gasteiger partial charge in [0.15, 0.2) is 0 Å². The molecule has 0 amide bonds. The number of hydrogen-bond acceptors (Lipinski definition) is 2. The van der Waals surface area contributed by atoms with Gasteiger partial charge in [-0.2, -0.15) is 0 Å². The molecule has 2 aliphatic rings. The molecule has 29 heavy (non-hydrogen) atoms. The number of ether oxygens (including phenoxy) is 1. The van der Waals surface area contributed by atoms with E-state index in [1.54, 1.807) is 0 Å². The summed E-state index contributed by atoms with van der Waals surface area (Å²) in [6, 6.07) is 0. The first kappa shape index (κ1) is 24.5. The van der Waals surface area contributed by atoms with Crippen molar-refractivity contribution in [3.8, 4) is 0 Å². The zero-order valence-electron chi connectivity index (χ0n) is 20.7. The lowest BCUT2D eigenvalue weighted by Crippen LogP contribution is -2.38. The Morgan fingerprint density at radius 3 is 1.90 bits per heavy atom. The van der Waals surface area contributed by atoms with Gasteiger partial charge in [-0.05, 0) is 87.4 Å². The Morgan fingerprint density at radius 1 is 0.793 bits per heavy atom. The second-order valence-corrected chi connectivity index (χ2v) is 12.5. The summed E-state index contributed by atoms with van der Waals surface area (Å²) in [6.07, 6.45) is 13.8. The van der Waals surface area contributed by atoms with Crippen molar-refractivity contribution in [1.82, 2.24) is 0 Å². The zero-order valence-corrected chi connectivity index (χ0v) is 20.7. The SMILES string of the molecule is CC(C)(C)C1CC/C=C(/C(=O)OC(C)(C)C2CCCCC2)CCCC1C(C)(C)C. The Morgan fingerprint density at radius 2 is 1.34 bits per heavy atom. The molecule has 0 heterocycles. The molecule has 0 aromatic rings. The summed E-state index contributed by atoms with van der Waals surface area (Å²) in [7, 11) is 0. The van der Waals surface area contributed by atoms with Gasteiger partial charge in [-0.25, -0.2) is 4.79 Å². The average Bonchev–Trinajstić information content (AvgIpc) is 2.71. The monoisotopic (exact) mass is 404 g/mol. The summed E-state index contributed by atoms with van der Waals surface area (Å²) >= 11 is 0. The molecule has 0 radical (unpaired) electrons. The molecule has 1 saturated carbocycles. The Hall–Kier alpha value is -0.790. The van der Waals surface area contributed by atoms with Gasteiger partial charge in [0.05, 0.1) is 0 Å². The van der Waals surface area contributed by atoms with Crippen molar-refractivity contribution in [3.63, 3.8) is 0 Å². The molecular weight excluding hydrogens is 356 g/mol. The lowest BCUT2D eigenvalue weighted by Gasteiger charge is -2.44. The highest BCUT2D eigenvalue weighted by molar-refractivity contribution is 5.88. The second-order valence-electron chi connectivity index (χ2n) is 12.5. The first-order chi connectivity index (χ1) is 13.3. The summed E-state index contributed by atoms with van der Waals surface area (Å²) < 4.78 is 6.13. The summed E-state index contributed by atoms with van der Waals surface area (Å²) in [4.78, 5) is 13.1. The third-order valence-electron chi connectivity index (χ3n) is 7.75. The largest absolute Gasteiger partial charge is 0.456 e. The minimum absolute atomic E-state index is 0.0536. The topological polar surface area (TPSA) is 26.3 Å². The molecule has 2 nitrogen and oxygen atoms in total. The second kappa shape index (κ2) is 9.56. The van der Waals surface area contributed by atoms with Gasteiger partial charge >= 0.3 is 5.97 Å². The first-order valence-electron chi connectivity index (χ1n) is 12.2. The molecule has 168 valence electrons. The number of carbonyl (C=O) groups is 1. The van der Waals surface area contributed by atoms with Gasteiger partial charge in [-0.1, -0.05) is 66.9 Å². The summed E-state index contributed by atoms with van der Waals surface area (Å²) in [5.74, 6) is 1.81. The Labute approximate surface area is 181 Å². The molecule has 0 spiro atoms. The van der Waals surface area contributed by atoms with Crippen LogP contribution in [0.5, 0.6) is 0 Å². The van der Waals surface area contributed by atoms with Gasteiger partial charge in [0, 0.05) is 5.57 Å². The number of esters is 1. The summed E-state index contributed by atoms with van der Waals surface area (Å²) in [6.45, 7) is 18.6. The molecule has 0 bridgehead atoms. The van der Waals surface area contributed by atoms with E-state index in [1.807, 2.05) is 0 Å². The highest BCUT2D eigenvalue weighted by Crippen LogP contribution is 2.47. The Bertz CT molecular complexity index is 564. The maximum absolute atomic E-state index is 13.1. The fourth-order valence-electron chi connectivity index (χ4n) is 5.90. The maximum atomic E-state index is 13.1. The smallest absolute Gasteiger partial charge is 0.334 e. The highest BCUT2D eigenvalue weighted by Gasteiger charge is 2.39. The molecule has 0 saturated heterocycles. The molecule has 2 unspecified atom stereocenters. The van der Waals surface area contributed by atoms with Crippen molar-refractivity contribution in [3.05, 3.63) is 11.6 Å². The van der Waals surface area contributed by atoms with Gasteiger partial charge in [0.2, 0.25) is 0 Å². The lowest BCUT2D eigenvalue weighted by atomic mass is 9.61. The molecule has 2 aliphatic carbocycles. The molecule has 0 aromatic heterocycles. The van der Waals surface area contributed by atoms with E-state index in [0.29, 0.717) is 28.6 Å². The van der Waals surface area contributed by atoms with E-state index in [2.05, 4.69) is 61.5 Å². The van der Waals surface area contributed by atoms with Crippen LogP contribution in [0.15, 0.2) is 11.6 Å². The lowest BCUT2D eigenvalue weighted by molar-refractivity contribution is -0.158. The van der Waals surface area contributed by atoms with Gasteiger partial charge in [-0.3, -0.25) is 0 Å². The van der Waals surface area contributed by atoms with E-state index in [4.69, 9.17) is 4.74 Å². The van der Waals surface area contributed by atoms with Crippen LogP contribution in [0.25, 0.3) is 0 Å². The third kappa shape index (κ3) is 6.86. The van der Waals surface area contributed by atoms with Crippen LogP contribution in [-0.4, -0.2) is 11.6 Å². The maximum Gasteiger partial charge on any atom is 0.334 e. The van der Waals surface area contributed by atoms with Crippen LogP contribution in [0.1, 0.15) is 120 Å². The molecular formula is C27H48O2. The number of allylic oxidation sites excluding steroid dienone is 1. The average molecular weight is 405 g/mol. The molecule has 0 aliphatic heterocycles. The number of carbonyl (C=O) groups excluding carboxylic acids is 1. The normalized spacial score (nSPS) is 27.9. The molecule has 2 atom stereocenters. The summed E-state index contributed by atoms with van der Waals surface area (Å²) in [5, 5.41) is 0. The van der Waals surface area contributed by atoms with Crippen LogP contribution < -0.4 is 0 Å². The fourth-order valence-corrected chi connectivity index (χ4v) is 5.90. The van der Waals surface area contributed by atoms with Crippen LogP contribution in [-0.2, 0) is 9.53 Å². The van der Waals surface area contributed by atoms with Crippen LogP contribution in [0, 0.1) is 28.6 Å². The minimum Gasteiger partial charge on any atom is -0.456 e. The van der Waals surface area contributed by atoms with Crippen LogP contribution in [0.2, 0.25) is 0 Å². The fraction of sp³-hybridized carbons (Fsp3) is 0.889.